The number of carbonyl (C=O) groups is 3. The van der Waals surface area contributed by atoms with Crippen molar-refractivity contribution < 1.29 is 31.2 Å². The van der Waals surface area contributed by atoms with Gasteiger partial charge < -0.3 is 15.1 Å². The zero-order valence-corrected chi connectivity index (χ0v) is 26.0. The van der Waals surface area contributed by atoms with Crippen molar-refractivity contribution in [2.45, 2.75) is 49.6 Å². The summed E-state index contributed by atoms with van der Waals surface area (Å²) >= 11 is 7.10. The lowest BCUT2D eigenvalue weighted by atomic mass is 10.1. The summed E-state index contributed by atoms with van der Waals surface area (Å²) < 4.78 is 56.3. The first-order valence-corrected chi connectivity index (χ1v) is 17.5. The number of nitrogens with zero attached hydrogens (tertiary/aromatic N) is 2. The highest BCUT2D eigenvalue weighted by molar-refractivity contribution is 7.92. The van der Waals surface area contributed by atoms with E-state index in [9.17, 15) is 31.2 Å². The van der Waals surface area contributed by atoms with Crippen LogP contribution in [0.15, 0.2) is 46.7 Å². The number of piperidine rings is 1. The predicted molar refractivity (Wildman–Crippen MR) is 161 cm³/mol. The number of benzene rings is 1. The second-order valence-corrected chi connectivity index (χ2v) is 15.1. The summed E-state index contributed by atoms with van der Waals surface area (Å²) in [6.45, 7) is 1.86. The summed E-state index contributed by atoms with van der Waals surface area (Å²) in [5, 5.41) is 3.56. The summed E-state index contributed by atoms with van der Waals surface area (Å²) in [4.78, 5) is 41.1. The maximum absolute atomic E-state index is 13.2. The Morgan fingerprint density at radius 1 is 1.05 bits per heavy atom. The van der Waals surface area contributed by atoms with Gasteiger partial charge in [0.1, 0.15) is 6.04 Å². The Balaban J connectivity index is 1.32. The van der Waals surface area contributed by atoms with E-state index in [4.69, 9.17) is 11.6 Å². The minimum atomic E-state index is -3.92. The number of amides is 3. The number of anilines is 1. The van der Waals surface area contributed by atoms with Crippen molar-refractivity contribution in [2.75, 3.05) is 31.5 Å². The number of halogens is 1. The van der Waals surface area contributed by atoms with Gasteiger partial charge in [-0.15, -0.1) is 11.3 Å². The van der Waals surface area contributed by atoms with Crippen LogP contribution in [0.2, 0.25) is 4.34 Å². The maximum Gasteiger partial charge on any atom is 0.242 e. The van der Waals surface area contributed by atoms with Crippen LogP contribution in [0.25, 0.3) is 6.08 Å². The second-order valence-electron chi connectivity index (χ2n) is 10.0. The molecule has 3 heterocycles. The quantitative estimate of drug-likeness (QED) is 0.334. The molecule has 0 saturated carbocycles. The van der Waals surface area contributed by atoms with Gasteiger partial charge in [0.15, 0.2) is 0 Å². The highest BCUT2D eigenvalue weighted by Gasteiger charge is 2.35. The molecule has 0 unspecified atom stereocenters. The van der Waals surface area contributed by atoms with Gasteiger partial charge >= 0.3 is 0 Å². The van der Waals surface area contributed by atoms with Crippen LogP contribution in [0.4, 0.5) is 5.69 Å². The molecule has 2 aliphatic rings. The number of hydrogen-bond acceptors (Lipinski definition) is 8. The van der Waals surface area contributed by atoms with Crippen LogP contribution in [0, 0.1) is 0 Å². The summed E-state index contributed by atoms with van der Waals surface area (Å²) in [5.74, 6) is -1.08. The van der Waals surface area contributed by atoms with Crippen molar-refractivity contribution in [1.82, 2.24) is 19.2 Å². The van der Waals surface area contributed by atoms with Gasteiger partial charge in [0.05, 0.1) is 15.8 Å². The molecule has 3 amide bonds. The molecular weight excluding hydrogens is 626 g/mol. The minimum absolute atomic E-state index is 0.000319. The zero-order chi connectivity index (χ0) is 30.5. The minimum Gasteiger partial charge on any atom is -0.337 e. The van der Waals surface area contributed by atoms with E-state index >= 15 is 0 Å². The molecule has 12 nitrogen and oxygen atoms in total. The SMILES string of the molecule is CC(=O)Nc1ccc(S(=O)(=O)NC[C@H]2CCCN2C(=O)CN2CCC[C@H](NS(=O)(=O)C=Cc3ccc(Cl)s3)C2=O)cc1. The molecule has 1 aromatic carbocycles. The highest BCUT2D eigenvalue weighted by atomic mass is 35.5. The Morgan fingerprint density at radius 3 is 2.43 bits per heavy atom. The molecule has 42 heavy (non-hydrogen) atoms. The lowest BCUT2D eigenvalue weighted by molar-refractivity contribution is -0.143. The van der Waals surface area contributed by atoms with Crippen molar-refractivity contribution in [3.63, 3.8) is 0 Å². The van der Waals surface area contributed by atoms with Crippen LogP contribution in [0.3, 0.4) is 0 Å². The second kappa shape index (κ2) is 13.7. The van der Waals surface area contributed by atoms with Crippen molar-refractivity contribution in [1.29, 1.82) is 0 Å². The molecular formula is C26H32ClN5O7S3. The normalized spacial score (nSPS) is 19.9. The standard InChI is InChI=1S/C26H32ClN5O7S3/c1-18(33)29-19-6-9-22(10-7-19)42(38,39)28-16-20-4-2-14-32(20)25(34)17-31-13-3-5-23(26(31)35)30-41(36,37)15-12-21-8-11-24(27)40-21/h6-12,15,20,23,28,30H,2-5,13-14,16-17H2,1H3,(H,29,33)/t20-,23+/m1/s1. The van der Waals surface area contributed by atoms with E-state index in [0.29, 0.717) is 53.7 Å². The van der Waals surface area contributed by atoms with Gasteiger partial charge in [0, 0.05) is 48.6 Å². The van der Waals surface area contributed by atoms with E-state index in [2.05, 4.69) is 14.8 Å². The number of nitrogens with one attached hydrogen (secondary N) is 3. The molecule has 1 aromatic heterocycles. The molecule has 2 aliphatic heterocycles. The Kier molecular flexibility index (Phi) is 10.4. The summed E-state index contributed by atoms with van der Waals surface area (Å²) in [5.41, 5.74) is 0.469. The molecule has 2 aromatic rings. The number of sulfonamides is 2. The number of hydrogen-bond donors (Lipinski definition) is 3. The molecule has 16 heteroatoms. The Hall–Kier alpha value is -2.82. The van der Waals surface area contributed by atoms with Crippen LogP contribution in [-0.4, -0.2) is 82.6 Å². The van der Waals surface area contributed by atoms with E-state index in [1.165, 1.54) is 53.5 Å². The van der Waals surface area contributed by atoms with E-state index < -0.39 is 38.0 Å². The number of likely N-dealkylation sites (tertiary alicyclic amines) is 2. The molecule has 0 aliphatic carbocycles. The van der Waals surface area contributed by atoms with Crippen molar-refractivity contribution in [2.24, 2.45) is 0 Å². The zero-order valence-electron chi connectivity index (χ0n) is 22.8. The Bertz CT molecular complexity index is 1560. The van der Waals surface area contributed by atoms with Gasteiger partial charge in [0.25, 0.3) is 0 Å². The number of thiophene rings is 1. The molecule has 0 bridgehead atoms. The molecule has 2 fully saturated rings. The van der Waals surface area contributed by atoms with Crippen LogP contribution in [-0.2, 0) is 34.4 Å². The first kappa shape index (κ1) is 32.1. The lowest BCUT2D eigenvalue weighted by Gasteiger charge is -2.34. The lowest BCUT2D eigenvalue weighted by Crippen LogP contribution is -2.55. The topological polar surface area (TPSA) is 162 Å². The first-order valence-electron chi connectivity index (χ1n) is 13.2. The molecule has 2 saturated heterocycles. The fourth-order valence-corrected chi connectivity index (χ4v) is 8.00. The smallest absolute Gasteiger partial charge is 0.242 e. The largest absolute Gasteiger partial charge is 0.337 e. The van der Waals surface area contributed by atoms with Crippen LogP contribution in [0.5, 0.6) is 0 Å². The number of rotatable bonds is 11. The summed E-state index contributed by atoms with van der Waals surface area (Å²) in [7, 11) is -7.79. The van der Waals surface area contributed by atoms with E-state index in [0.717, 1.165) is 5.41 Å². The van der Waals surface area contributed by atoms with Gasteiger partial charge in [-0.25, -0.2) is 21.6 Å². The fraction of sp³-hybridized carbons (Fsp3) is 0.423. The van der Waals surface area contributed by atoms with Crippen LogP contribution >= 0.6 is 22.9 Å². The van der Waals surface area contributed by atoms with Crippen molar-refractivity contribution in [3.05, 3.63) is 51.0 Å². The third kappa shape index (κ3) is 8.61. The summed E-state index contributed by atoms with van der Waals surface area (Å²) in [6, 6.07) is 7.68. The fourth-order valence-electron chi connectivity index (χ4n) is 4.86. The van der Waals surface area contributed by atoms with Crippen LogP contribution < -0.4 is 14.8 Å². The molecule has 3 N–H and O–H groups in total. The molecule has 228 valence electrons. The van der Waals surface area contributed by atoms with Gasteiger partial charge in [0.2, 0.25) is 37.8 Å². The average Bonchev–Trinajstić information content (AvgIpc) is 3.57. The summed E-state index contributed by atoms with van der Waals surface area (Å²) in [6.07, 6.45) is 3.49. The van der Waals surface area contributed by atoms with E-state index in [1.54, 1.807) is 17.0 Å². The maximum atomic E-state index is 13.2. The third-order valence-corrected chi connectivity index (χ3v) is 10.6. The molecule has 0 spiro atoms. The first-order chi connectivity index (χ1) is 19.8. The van der Waals surface area contributed by atoms with E-state index in [-0.39, 0.29) is 29.8 Å². The van der Waals surface area contributed by atoms with Crippen molar-refractivity contribution in [3.8, 4) is 0 Å². The van der Waals surface area contributed by atoms with Gasteiger partial charge in [-0.1, -0.05) is 11.6 Å². The molecule has 0 radical (unpaired) electrons. The predicted octanol–water partition coefficient (Wildman–Crippen LogP) is 2.21. The van der Waals surface area contributed by atoms with Gasteiger partial charge in [-0.2, -0.15) is 4.72 Å². The number of carbonyl (C=O) groups excluding carboxylic acids is 3. The average molecular weight is 658 g/mol. The van der Waals surface area contributed by atoms with Gasteiger partial charge in [-0.3, -0.25) is 14.4 Å². The van der Waals surface area contributed by atoms with E-state index in [1.807, 2.05) is 0 Å². The van der Waals surface area contributed by atoms with Crippen LogP contribution in [0.1, 0.15) is 37.5 Å². The Labute approximate surface area is 254 Å². The highest BCUT2D eigenvalue weighted by Crippen LogP contribution is 2.23. The van der Waals surface area contributed by atoms with Crippen molar-refractivity contribution >= 4 is 72.5 Å². The third-order valence-electron chi connectivity index (χ3n) is 6.86. The monoisotopic (exact) mass is 657 g/mol. The Morgan fingerprint density at radius 2 is 1.76 bits per heavy atom. The molecule has 4 rings (SSSR count). The van der Waals surface area contributed by atoms with Gasteiger partial charge in [-0.05, 0) is 68.2 Å². The molecule has 2 atom stereocenters.